The molecule has 114 valence electrons. The van der Waals surface area contributed by atoms with E-state index in [1.807, 2.05) is 24.3 Å². The number of pyridine rings is 1. The molecule has 0 bridgehead atoms. The van der Waals surface area contributed by atoms with Gasteiger partial charge in [0, 0.05) is 12.7 Å². The van der Waals surface area contributed by atoms with Crippen LogP contribution in [0.5, 0.6) is 5.75 Å². The molecule has 0 spiro atoms. The number of ether oxygens (including phenoxy) is 1. The molecule has 6 heteroatoms. The van der Waals surface area contributed by atoms with Gasteiger partial charge in [0.2, 0.25) is 0 Å². The van der Waals surface area contributed by atoms with Crippen LogP contribution >= 0.6 is 0 Å². The second-order valence-corrected chi connectivity index (χ2v) is 4.55. The van der Waals surface area contributed by atoms with Gasteiger partial charge in [0.25, 0.3) is 0 Å². The van der Waals surface area contributed by atoms with Crippen LogP contribution in [-0.4, -0.2) is 30.5 Å². The van der Waals surface area contributed by atoms with Crippen molar-refractivity contribution >= 4 is 17.5 Å². The first-order valence-corrected chi connectivity index (χ1v) is 6.81. The van der Waals surface area contributed by atoms with Crippen molar-refractivity contribution in [1.29, 1.82) is 0 Å². The van der Waals surface area contributed by atoms with Gasteiger partial charge in [-0.25, -0.2) is 0 Å². The molecule has 0 aliphatic carbocycles. The molecule has 0 saturated carbocycles. The maximum atomic E-state index is 11.7. The Labute approximate surface area is 128 Å². The van der Waals surface area contributed by atoms with E-state index in [2.05, 4.69) is 15.6 Å². The molecule has 1 aromatic carbocycles. The van der Waals surface area contributed by atoms with Crippen molar-refractivity contribution in [3.8, 4) is 5.75 Å². The van der Waals surface area contributed by atoms with Crippen LogP contribution in [0.1, 0.15) is 5.56 Å². The minimum absolute atomic E-state index is 0.381. The third-order valence-corrected chi connectivity index (χ3v) is 2.98. The number of benzene rings is 1. The predicted molar refractivity (Wildman–Crippen MR) is 82.6 cm³/mol. The lowest BCUT2D eigenvalue weighted by Gasteiger charge is -2.07. The van der Waals surface area contributed by atoms with E-state index in [4.69, 9.17) is 4.74 Å². The van der Waals surface area contributed by atoms with Gasteiger partial charge in [-0.2, -0.15) is 0 Å². The van der Waals surface area contributed by atoms with E-state index in [1.54, 1.807) is 25.4 Å². The molecular formula is C16H17N3O3. The number of rotatable bonds is 5. The highest BCUT2D eigenvalue weighted by molar-refractivity contribution is 6.39. The largest absolute Gasteiger partial charge is 0.497 e. The summed E-state index contributed by atoms with van der Waals surface area (Å²) in [4.78, 5) is 27.2. The Morgan fingerprint density at radius 2 is 1.91 bits per heavy atom. The number of hydrogen-bond acceptors (Lipinski definition) is 4. The van der Waals surface area contributed by atoms with Crippen molar-refractivity contribution < 1.29 is 14.3 Å². The molecule has 6 nitrogen and oxygen atoms in total. The fourth-order valence-corrected chi connectivity index (χ4v) is 1.82. The number of anilines is 1. The SMILES string of the molecule is COc1ccc(CCNC(=O)C(=O)Nc2cccnc2)cc1. The summed E-state index contributed by atoms with van der Waals surface area (Å²) < 4.78 is 5.07. The minimum atomic E-state index is -0.706. The van der Waals surface area contributed by atoms with Crippen molar-refractivity contribution in [1.82, 2.24) is 10.3 Å². The van der Waals surface area contributed by atoms with Crippen LogP contribution in [0.4, 0.5) is 5.69 Å². The topological polar surface area (TPSA) is 80.3 Å². The van der Waals surface area contributed by atoms with Gasteiger partial charge in [-0.1, -0.05) is 12.1 Å². The number of amides is 2. The fraction of sp³-hybridized carbons (Fsp3) is 0.188. The lowest BCUT2D eigenvalue weighted by atomic mass is 10.1. The average Bonchev–Trinajstić information content (AvgIpc) is 2.56. The van der Waals surface area contributed by atoms with Gasteiger partial charge in [-0.15, -0.1) is 0 Å². The zero-order valence-corrected chi connectivity index (χ0v) is 12.2. The van der Waals surface area contributed by atoms with Crippen LogP contribution < -0.4 is 15.4 Å². The van der Waals surface area contributed by atoms with Crippen molar-refractivity contribution in [2.24, 2.45) is 0 Å². The molecule has 2 N–H and O–H groups in total. The fourth-order valence-electron chi connectivity index (χ4n) is 1.82. The second-order valence-electron chi connectivity index (χ2n) is 4.55. The number of nitrogens with one attached hydrogen (secondary N) is 2. The van der Waals surface area contributed by atoms with Gasteiger partial charge in [-0.05, 0) is 36.2 Å². The number of methoxy groups -OCH3 is 1. The van der Waals surface area contributed by atoms with Crippen LogP contribution in [0.15, 0.2) is 48.8 Å². The summed E-state index contributed by atoms with van der Waals surface area (Å²) in [7, 11) is 1.61. The van der Waals surface area contributed by atoms with Crippen molar-refractivity contribution in [3.63, 3.8) is 0 Å². The van der Waals surface area contributed by atoms with Gasteiger partial charge < -0.3 is 15.4 Å². The van der Waals surface area contributed by atoms with Crippen LogP contribution in [0.2, 0.25) is 0 Å². The second kappa shape index (κ2) is 7.78. The summed E-state index contributed by atoms with van der Waals surface area (Å²) in [5.74, 6) is -0.594. The molecule has 2 rings (SSSR count). The van der Waals surface area contributed by atoms with Gasteiger partial charge in [0.15, 0.2) is 0 Å². The highest BCUT2D eigenvalue weighted by Crippen LogP contribution is 2.11. The lowest BCUT2D eigenvalue weighted by molar-refractivity contribution is -0.136. The maximum absolute atomic E-state index is 11.7. The molecule has 0 atom stereocenters. The third kappa shape index (κ3) is 4.59. The number of carbonyl (C=O) groups excluding carboxylic acids is 2. The molecule has 1 heterocycles. The Balaban J connectivity index is 1.76. The summed E-state index contributed by atoms with van der Waals surface area (Å²) in [5.41, 5.74) is 1.53. The van der Waals surface area contributed by atoms with E-state index < -0.39 is 11.8 Å². The Morgan fingerprint density at radius 3 is 2.55 bits per heavy atom. The summed E-state index contributed by atoms with van der Waals surface area (Å²) in [6.45, 7) is 0.381. The minimum Gasteiger partial charge on any atom is -0.497 e. The summed E-state index contributed by atoms with van der Waals surface area (Å²) in [5, 5.41) is 5.05. The highest BCUT2D eigenvalue weighted by atomic mass is 16.5. The summed E-state index contributed by atoms with van der Waals surface area (Å²) >= 11 is 0. The van der Waals surface area contributed by atoms with Gasteiger partial charge >= 0.3 is 11.8 Å². The molecule has 1 aromatic heterocycles. The highest BCUT2D eigenvalue weighted by Gasteiger charge is 2.12. The van der Waals surface area contributed by atoms with E-state index in [-0.39, 0.29) is 0 Å². The number of hydrogen-bond donors (Lipinski definition) is 2. The first-order chi connectivity index (χ1) is 10.7. The third-order valence-electron chi connectivity index (χ3n) is 2.98. The van der Waals surface area contributed by atoms with E-state index in [0.29, 0.717) is 18.7 Å². The molecule has 0 fully saturated rings. The van der Waals surface area contributed by atoms with Gasteiger partial charge in [-0.3, -0.25) is 14.6 Å². The van der Waals surface area contributed by atoms with Crippen LogP contribution in [0.3, 0.4) is 0 Å². The molecule has 2 amide bonds. The maximum Gasteiger partial charge on any atom is 0.313 e. The van der Waals surface area contributed by atoms with Crippen LogP contribution in [0, 0.1) is 0 Å². The van der Waals surface area contributed by atoms with Gasteiger partial charge in [0.1, 0.15) is 5.75 Å². The monoisotopic (exact) mass is 299 g/mol. The zero-order valence-electron chi connectivity index (χ0n) is 12.2. The van der Waals surface area contributed by atoms with E-state index in [0.717, 1.165) is 11.3 Å². The first kappa shape index (κ1) is 15.5. The summed E-state index contributed by atoms with van der Waals surface area (Å²) in [6.07, 6.45) is 3.70. The van der Waals surface area contributed by atoms with E-state index in [1.165, 1.54) is 6.20 Å². The molecule has 0 aliphatic heterocycles. The van der Waals surface area contributed by atoms with Crippen LogP contribution in [-0.2, 0) is 16.0 Å². The molecule has 0 saturated heterocycles. The lowest BCUT2D eigenvalue weighted by Crippen LogP contribution is -2.36. The predicted octanol–water partition coefficient (Wildman–Crippen LogP) is 1.39. The Kier molecular flexibility index (Phi) is 5.48. The molecule has 22 heavy (non-hydrogen) atoms. The van der Waals surface area contributed by atoms with Crippen molar-refractivity contribution in [2.75, 3.05) is 19.0 Å². The van der Waals surface area contributed by atoms with Crippen molar-refractivity contribution in [3.05, 3.63) is 54.4 Å². The molecule has 2 aromatic rings. The average molecular weight is 299 g/mol. The van der Waals surface area contributed by atoms with E-state index in [9.17, 15) is 9.59 Å². The number of nitrogens with zero attached hydrogens (tertiary/aromatic N) is 1. The molecular weight excluding hydrogens is 282 g/mol. The van der Waals surface area contributed by atoms with Crippen LogP contribution in [0.25, 0.3) is 0 Å². The quantitative estimate of drug-likeness (QED) is 0.818. The Morgan fingerprint density at radius 1 is 1.14 bits per heavy atom. The molecule has 0 radical (unpaired) electrons. The molecule has 0 unspecified atom stereocenters. The summed E-state index contributed by atoms with van der Waals surface area (Å²) in [6, 6.07) is 10.9. The van der Waals surface area contributed by atoms with Crippen molar-refractivity contribution in [2.45, 2.75) is 6.42 Å². The normalized spacial score (nSPS) is 9.86. The Hall–Kier alpha value is -2.89. The smallest absolute Gasteiger partial charge is 0.313 e. The van der Waals surface area contributed by atoms with Gasteiger partial charge in [0.05, 0.1) is 19.0 Å². The standard InChI is InChI=1S/C16H17N3O3/c1-22-14-6-4-12(5-7-14)8-10-18-15(20)16(21)19-13-3-2-9-17-11-13/h2-7,9,11H,8,10H2,1H3,(H,18,20)(H,19,21). The number of carbonyl (C=O) groups is 2. The Bertz CT molecular complexity index is 627. The van der Waals surface area contributed by atoms with E-state index >= 15 is 0 Å². The first-order valence-electron chi connectivity index (χ1n) is 6.81. The zero-order chi connectivity index (χ0) is 15.8. The molecule has 0 aliphatic rings. The number of aromatic nitrogens is 1.